The van der Waals surface area contributed by atoms with E-state index in [4.69, 9.17) is 5.11 Å². The number of likely N-dealkylation sites (tertiary alicyclic amines) is 1. The van der Waals surface area contributed by atoms with Crippen molar-refractivity contribution in [1.29, 1.82) is 0 Å². The minimum Gasteiger partial charge on any atom is -0.480 e. The third kappa shape index (κ3) is 2.68. The van der Waals surface area contributed by atoms with Gasteiger partial charge in [-0.3, -0.25) is 0 Å². The Balaban J connectivity index is 2.01. The molecule has 17 heavy (non-hydrogen) atoms. The van der Waals surface area contributed by atoms with Gasteiger partial charge in [-0.25, -0.2) is 9.59 Å². The zero-order valence-electron chi connectivity index (χ0n) is 9.96. The molecular formula is C11H18N2O3S. The number of urea groups is 1. The molecule has 0 bridgehead atoms. The topological polar surface area (TPSA) is 60.9 Å². The van der Waals surface area contributed by atoms with Crippen LogP contribution in [-0.4, -0.2) is 63.6 Å². The summed E-state index contributed by atoms with van der Waals surface area (Å²) in [4.78, 5) is 26.6. The standard InChI is InChI=1S/C11H18N2O3S/c1-8-7-12(5-6-17-8)11(16)13-4-2-3-9(13)10(14)15/h8-9H,2-7H2,1H3,(H,14,15)/t8?,9-/m1/s1. The van der Waals surface area contributed by atoms with Gasteiger partial charge < -0.3 is 14.9 Å². The van der Waals surface area contributed by atoms with Crippen molar-refractivity contribution in [3.8, 4) is 0 Å². The number of carboxylic acids is 1. The van der Waals surface area contributed by atoms with Crippen molar-refractivity contribution in [2.24, 2.45) is 0 Å². The van der Waals surface area contributed by atoms with Gasteiger partial charge in [0.15, 0.2) is 0 Å². The van der Waals surface area contributed by atoms with E-state index in [-0.39, 0.29) is 6.03 Å². The van der Waals surface area contributed by atoms with Crippen LogP contribution in [0.1, 0.15) is 19.8 Å². The van der Waals surface area contributed by atoms with Crippen LogP contribution in [0.3, 0.4) is 0 Å². The van der Waals surface area contributed by atoms with Gasteiger partial charge in [-0.1, -0.05) is 6.92 Å². The highest BCUT2D eigenvalue weighted by atomic mass is 32.2. The van der Waals surface area contributed by atoms with Crippen LogP contribution in [0.15, 0.2) is 0 Å². The second-order valence-corrected chi connectivity index (χ2v) is 6.15. The fourth-order valence-corrected chi connectivity index (χ4v) is 3.44. The van der Waals surface area contributed by atoms with Gasteiger partial charge in [-0.05, 0) is 12.8 Å². The highest BCUT2D eigenvalue weighted by molar-refractivity contribution is 7.99. The van der Waals surface area contributed by atoms with Gasteiger partial charge >= 0.3 is 12.0 Å². The Kier molecular flexibility index (Phi) is 3.81. The van der Waals surface area contributed by atoms with E-state index in [1.54, 1.807) is 4.90 Å². The van der Waals surface area contributed by atoms with Gasteiger partial charge in [0.1, 0.15) is 6.04 Å². The lowest BCUT2D eigenvalue weighted by Gasteiger charge is -2.34. The molecule has 0 saturated carbocycles. The summed E-state index contributed by atoms with van der Waals surface area (Å²) >= 11 is 1.86. The van der Waals surface area contributed by atoms with Crippen molar-refractivity contribution in [2.45, 2.75) is 31.1 Å². The van der Waals surface area contributed by atoms with E-state index in [9.17, 15) is 9.59 Å². The molecule has 5 nitrogen and oxygen atoms in total. The lowest BCUT2D eigenvalue weighted by atomic mass is 10.2. The molecule has 1 N–H and O–H groups in total. The third-order valence-corrected chi connectivity index (χ3v) is 4.43. The van der Waals surface area contributed by atoms with Crippen LogP contribution in [0.5, 0.6) is 0 Å². The monoisotopic (exact) mass is 258 g/mol. The molecule has 0 radical (unpaired) electrons. The molecule has 2 heterocycles. The van der Waals surface area contributed by atoms with Gasteiger partial charge in [0.25, 0.3) is 0 Å². The number of nitrogens with zero attached hydrogens (tertiary/aromatic N) is 2. The van der Waals surface area contributed by atoms with E-state index in [2.05, 4.69) is 6.92 Å². The number of aliphatic carboxylic acids is 1. The number of hydrogen-bond donors (Lipinski definition) is 1. The van der Waals surface area contributed by atoms with Crippen molar-refractivity contribution in [3.05, 3.63) is 0 Å². The highest BCUT2D eigenvalue weighted by Gasteiger charge is 2.37. The normalized spacial score (nSPS) is 29.5. The molecule has 2 aliphatic rings. The number of hydrogen-bond acceptors (Lipinski definition) is 3. The molecule has 6 heteroatoms. The number of carbonyl (C=O) groups is 2. The van der Waals surface area contributed by atoms with E-state index in [1.165, 1.54) is 4.90 Å². The zero-order valence-corrected chi connectivity index (χ0v) is 10.8. The average molecular weight is 258 g/mol. The van der Waals surface area contributed by atoms with Gasteiger partial charge in [-0.2, -0.15) is 11.8 Å². The Labute approximate surface area is 105 Å². The summed E-state index contributed by atoms with van der Waals surface area (Å²) in [6.07, 6.45) is 1.38. The van der Waals surface area contributed by atoms with Crippen LogP contribution in [0, 0.1) is 0 Å². The molecule has 2 rings (SSSR count). The van der Waals surface area contributed by atoms with Crippen LogP contribution in [0.25, 0.3) is 0 Å². The van der Waals surface area contributed by atoms with Crippen molar-refractivity contribution >= 4 is 23.8 Å². The number of thioether (sulfide) groups is 1. The lowest BCUT2D eigenvalue weighted by molar-refractivity contribution is -0.141. The van der Waals surface area contributed by atoms with E-state index in [0.29, 0.717) is 18.2 Å². The van der Waals surface area contributed by atoms with Crippen molar-refractivity contribution in [2.75, 3.05) is 25.4 Å². The zero-order chi connectivity index (χ0) is 12.4. The van der Waals surface area contributed by atoms with Crippen molar-refractivity contribution < 1.29 is 14.7 Å². The maximum atomic E-state index is 12.2. The summed E-state index contributed by atoms with van der Waals surface area (Å²) in [6, 6.07) is -0.713. The molecule has 2 atom stereocenters. The molecule has 0 aromatic carbocycles. The second-order valence-electron chi connectivity index (χ2n) is 4.60. The van der Waals surface area contributed by atoms with Crippen molar-refractivity contribution in [1.82, 2.24) is 9.80 Å². The van der Waals surface area contributed by atoms with Crippen LogP contribution < -0.4 is 0 Å². The maximum absolute atomic E-state index is 12.2. The van der Waals surface area contributed by atoms with Crippen LogP contribution >= 0.6 is 11.8 Å². The van der Waals surface area contributed by atoms with Gasteiger partial charge in [0, 0.05) is 30.6 Å². The summed E-state index contributed by atoms with van der Waals surface area (Å²) in [5, 5.41) is 9.51. The molecular weight excluding hydrogens is 240 g/mol. The molecule has 1 unspecified atom stereocenters. The number of amides is 2. The first-order chi connectivity index (χ1) is 8.09. The molecule has 0 aromatic rings. The summed E-state index contributed by atoms with van der Waals surface area (Å²) < 4.78 is 0. The maximum Gasteiger partial charge on any atom is 0.326 e. The van der Waals surface area contributed by atoms with E-state index < -0.39 is 12.0 Å². The fraction of sp³-hybridized carbons (Fsp3) is 0.818. The lowest BCUT2D eigenvalue weighted by Crippen LogP contribution is -2.51. The highest BCUT2D eigenvalue weighted by Crippen LogP contribution is 2.23. The Bertz CT molecular complexity index is 324. The minimum atomic E-state index is -0.879. The predicted octanol–water partition coefficient (Wildman–Crippen LogP) is 1.09. The first-order valence-corrected chi connectivity index (χ1v) is 7.04. The Morgan fingerprint density at radius 2 is 2.12 bits per heavy atom. The number of carboxylic acid groups (broad SMARTS) is 1. The Morgan fingerprint density at radius 1 is 1.35 bits per heavy atom. The summed E-state index contributed by atoms with van der Waals surface area (Å²) in [6.45, 7) is 4.14. The Hall–Kier alpha value is -0.910. The van der Waals surface area contributed by atoms with E-state index in [0.717, 1.165) is 25.3 Å². The fourth-order valence-electron chi connectivity index (χ4n) is 2.43. The van der Waals surface area contributed by atoms with Gasteiger partial charge in [0.05, 0.1) is 0 Å². The molecule has 96 valence electrons. The smallest absolute Gasteiger partial charge is 0.326 e. The number of rotatable bonds is 1. The predicted molar refractivity (Wildman–Crippen MR) is 66.3 cm³/mol. The van der Waals surface area contributed by atoms with Crippen LogP contribution in [0.4, 0.5) is 4.79 Å². The molecule has 0 spiro atoms. The molecule has 2 aliphatic heterocycles. The van der Waals surface area contributed by atoms with Crippen LogP contribution in [0.2, 0.25) is 0 Å². The molecule has 2 amide bonds. The number of carbonyl (C=O) groups excluding carboxylic acids is 1. The summed E-state index contributed by atoms with van der Waals surface area (Å²) in [5.41, 5.74) is 0. The second kappa shape index (κ2) is 5.16. The minimum absolute atomic E-state index is 0.0953. The molecule has 2 fully saturated rings. The van der Waals surface area contributed by atoms with Crippen LogP contribution in [-0.2, 0) is 4.79 Å². The van der Waals surface area contributed by atoms with Crippen molar-refractivity contribution in [3.63, 3.8) is 0 Å². The molecule has 0 aliphatic carbocycles. The Morgan fingerprint density at radius 3 is 2.76 bits per heavy atom. The van der Waals surface area contributed by atoms with Gasteiger partial charge in [0.2, 0.25) is 0 Å². The van der Waals surface area contributed by atoms with Gasteiger partial charge in [-0.15, -0.1) is 0 Å². The largest absolute Gasteiger partial charge is 0.480 e. The first kappa shape index (κ1) is 12.5. The van der Waals surface area contributed by atoms with E-state index >= 15 is 0 Å². The third-order valence-electron chi connectivity index (χ3n) is 3.30. The molecule has 0 aromatic heterocycles. The average Bonchev–Trinajstić information content (AvgIpc) is 2.77. The summed E-state index contributed by atoms with van der Waals surface area (Å²) in [7, 11) is 0. The quantitative estimate of drug-likeness (QED) is 0.765. The molecule has 2 saturated heterocycles. The first-order valence-electron chi connectivity index (χ1n) is 5.99. The summed E-state index contributed by atoms with van der Waals surface area (Å²) in [5.74, 6) is 0.0636. The SMILES string of the molecule is CC1CN(C(=O)N2CCC[C@@H]2C(=O)O)CCS1. The van der Waals surface area contributed by atoms with E-state index in [1.807, 2.05) is 11.8 Å².